The van der Waals surface area contributed by atoms with Crippen molar-refractivity contribution in [2.75, 3.05) is 18.0 Å². The van der Waals surface area contributed by atoms with Crippen LogP contribution in [0.3, 0.4) is 0 Å². The number of benzene rings is 1. The van der Waals surface area contributed by atoms with Gasteiger partial charge in [-0.05, 0) is 37.0 Å². The number of hydrogen-bond donors (Lipinski definition) is 1. The van der Waals surface area contributed by atoms with E-state index in [1.54, 1.807) is 0 Å². The van der Waals surface area contributed by atoms with Gasteiger partial charge < -0.3 is 10.2 Å². The fraction of sp³-hybridized carbons (Fsp3) is 0.462. The first-order chi connectivity index (χ1) is 8.18. The normalized spacial score (nSPS) is 23.3. The van der Waals surface area contributed by atoms with E-state index in [0.29, 0.717) is 12.6 Å². The number of carbonyl (C=O) groups is 1. The van der Waals surface area contributed by atoms with Crippen LogP contribution in [-0.2, 0) is 11.2 Å². The van der Waals surface area contributed by atoms with Crippen molar-refractivity contribution in [3.63, 3.8) is 0 Å². The van der Waals surface area contributed by atoms with Crippen molar-refractivity contribution in [3.05, 3.63) is 28.3 Å². The van der Waals surface area contributed by atoms with Gasteiger partial charge in [0, 0.05) is 17.6 Å². The molecular formula is C13H15ClN2O. The Balaban J connectivity index is 2.15. The van der Waals surface area contributed by atoms with Crippen LogP contribution in [0.4, 0.5) is 5.69 Å². The molecule has 1 aromatic rings. The Kier molecular flexibility index (Phi) is 2.60. The minimum atomic E-state index is 0.160. The highest BCUT2D eigenvalue weighted by atomic mass is 35.5. The summed E-state index contributed by atoms with van der Waals surface area (Å²) in [6.45, 7) is 3.32. The van der Waals surface area contributed by atoms with Gasteiger partial charge in [-0.25, -0.2) is 0 Å². The third-order valence-corrected chi connectivity index (χ3v) is 4.14. The first-order valence-corrected chi connectivity index (χ1v) is 6.37. The van der Waals surface area contributed by atoms with E-state index < -0.39 is 0 Å². The maximum Gasteiger partial charge on any atom is 0.241 e. The second kappa shape index (κ2) is 4.00. The van der Waals surface area contributed by atoms with Crippen LogP contribution in [0.2, 0.25) is 5.02 Å². The Bertz CT molecular complexity index is 487. The molecule has 1 aromatic carbocycles. The lowest BCUT2D eigenvalue weighted by molar-refractivity contribution is -0.119. The minimum absolute atomic E-state index is 0.160. The lowest BCUT2D eigenvalue weighted by Crippen LogP contribution is -2.57. The van der Waals surface area contributed by atoms with E-state index >= 15 is 0 Å². The van der Waals surface area contributed by atoms with Crippen molar-refractivity contribution in [2.45, 2.75) is 25.8 Å². The van der Waals surface area contributed by atoms with Crippen LogP contribution < -0.4 is 10.2 Å². The van der Waals surface area contributed by atoms with Gasteiger partial charge in [-0.1, -0.05) is 17.7 Å². The molecule has 17 heavy (non-hydrogen) atoms. The summed E-state index contributed by atoms with van der Waals surface area (Å²) in [5.41, 5.74) is 3.34. The van der Waals surface area contributed by atoms with Crippen LogP contribution in [0.5, 0.6) is 0 Å². The summed E-state index contributed by atoms with van der Waals surface area (Å²) in [5.74, 6) is 0.160. The summed E-state index contributed by atoms with van der Waals surface area (Å²) in [6, 6.07) is 4.28. The fourth-order valence-corrected chi connectivity index (χ4v) is 3.01. The summed E-state index contributed by atoms with van der Waals surface area (Å²) in [6.07, 6.45) is 2.07. The standard InChI is InChI=1S/C13H15ClN2O/c1-8-11(14)5-3-9-2-4-10-6-15-7-12(17)16(10)13(8)9/h3,5,10,15H,2,4,6-7H2,1H3. The molecule has 1 N–H and O–H groups in total. The van der Waals surface area contributed by atoms with Crippen molar-refractivity contribution in [1.82, 2.24) is 5.32 Å². The Hall–Kier alpha value is -1.06. The zero-order valence-corrected chi connectivity index (χ0v) is 10.5. The zero-order valence-electron chi connectivity index (χ0n) is 9.79. The molecule has 0 saturated carbocycles. The number of halogens is 1. The van der Waals surface area contributed by atoms with Crippen molar-refractivity contribution >= 4 is 23.2 Å². The first-order valence-electron chi connectivity index (χ1n) is 5.99. The van der Waals surface area contributed by atoms with Crippen LogP contribution in [0, 0.1) is 6.92 Å². The second-order valence-corrected chi connectivity index (χ2v) is 5.17. The summed E-state index contributed by atoms with van der Waals surface area (Å²) in [5, 5.41) is 3.92. The number of piperazine rings is 1. The van der Waals surface area contributed by atoms with Gasteiger partial charge in [-0.2, -0.15) is 0 Å². The van der Waals surface area contributed by atoms with E-state index in [1.165, 1.54) is 5.56 Å². The van der Waals surface area contributed by atoms with E-state index in [-0.39, 0.29) is 5.91 Å². The average Bonchev–Trinajstić information content (AvgIpc) is 2.34. The number of amides is 1. The van der Waals surface area contributed by atoms with Crippen LogP contribution in [-0.4, -0.2) is 25.0 Å². The number of anilines is 1. The predicted molar refractivity (Wildman–Crippen MR) is 68.7 cm³/mol. The zero-order chi connectivity index (χ0) is 12.0. The van der Waals surface area contributed by atoms with Gasteiger partial charge in [-0.15, -0.1) is 0 Å². The second-order valence-electron chi connectivity index (χ2n) is 4.77. The summed E-state index contributed by atoms with van der Waals surface area (Å²) < 4.78 is 0. The number of nitrogens with zero attached hydrogens (tertiary/aromatic N) is 1. The Morgan fingerprint density at radius 3 is 3.12 bits per heavy atom. The number of nitrogens with one attached hydrogen (secondary N) is 1. The van der Waals surface area contributed by atoms with Crippen molar-refractivity contribution < 1.29 is 4.79 Å². The molecule has 0 aliphatic carbocycles. The molecule has 1 unspecified atom stereocenters. The SMILES string of the molecule is Cc1c(Cl)ccc2c1N1C(=O)CNCC1CC2. The van der Waals surface area contributed by atoms with Gasteiger partial charge in [0.25, 0.3) is 0 Å². The van der Waals surface area contributed by atoms with Crippen molar-refractivity contribution in [1.29, 1.82) is 0 Å². The Morgan fingerprint density at radius 2 is 2.29 bits per heavy atom. The first kappa shape index (κ1) is 11.1. The minimum Gasteiger partial charge on any atom is -0.306 e. The van der Waals surface area contributed by atoms with Crippen LogP contribution in [0.25, 0.3) is 0 Å². The maximum absolute atomic E-state index is 12.1. The molecule has 1 atom stereocenters. The highest BCUT2D eigenvalue weighted by molar-refractivity contribution is 6.32. The number of fused-ring (bicyclic) bond motifs is 3. The largest absolute Gasteiger partial charge is 0.306 e. The molecule has 2 aliphatic heterocycles. The van der Waals surface area contributed by atoms with Crippen molar-refractivity contribution in [2.24, 2.45) is 0 Å². The van der Waals surface area contributed by atoms with Gasteiger partial charge >= 0.3 is 0 Å². The molecule has 1 amide bonds. The van der Waals surface area contributed by atoms with Crippen LogP contribution in [0.15, 0.2) is 12.1 Å². The van der Waals surface area contributed by atoms with Crippen LogP contribution in [0.1, 0.15) is 17.5 Å². The molecule has 0 radical (unpaired) electrons. The van der Waals surface area contributed by atoms with E-state index in [0.717, 1.165) is 35.7 Å². The molecule has 4 heteroatoms. The summed E-state index contributed by atoms with van der Waals surface area (Å²) in [7, 11) is 0. The highest BCUT2D eigenvalue weighted by Gasteiger charge is 2.34. The van der Waals surface area contributed by atoms with E-state index in [2.05, 4.69) is 11.4 Å². The van der Waals surface area contributed by atoms with Gasteiger partial charge in [-0.3, -0.25) is 4.79 Å². The molecule has 0 bridgehead atoms. The molecular weight excluding hydrogens is 236 g/mol. The van der Waals surface area contributed by atoms with Gasteiger partial charge in [0.1, 0.15) is 0 Å². The Labute approximate surface area is 106 Å². The smallest absolute Gasteiger partial charge is 0.241 e. The summed E-state index contributed by atoms with van der Waals surface area (Å²) in [4.78, 5) is 14.0. The van der Waals surface area contributed by atoms with Crippen molar-refractivity contribution in [3.8, 4) is 0 Å². The third kappa shape index (κ3) is 1.65. The molecule has 90 valence electrons. The van der Waals surface area contributed by atoms with Gasteiger partial charge in [0.15, 0.2) is 0 Å². The van der Waals surface area contributed by atoms with E-state index in [9.17, 15) is 4.79 Å². The predicted octanol–water partition coefficient (Wildman–Crippen LogP) is 1.90. The van der Waals surface area contributed by atoms with Crippen LogP contribution >= 0.6 is 11.6 Å². The van der Waals surface area contributed by atoms with E-state index in [4.69, 9.17) is 11.6 Å². The number of rotatable bonds is 0. The fourth-order valence-electron chi connectivity index (χ4n) is 2.86. The molecule has 3 rings (SSSR count). The lowest BCUT2D eigenvalue weighted by Gasteiger charge is -2.41. The monoisotopic (exact) mass is 250 g/mol. The maximum atomic E-state index is 12.1. The highest BCUT2D eigenvalue weighted by Crippen LogP contribution is 2.37. The number of aryl methyl sites for hydroxylation is 1. The molecule has 3 nitrogen and oxygen atoms in total. The van der Waals surface area contributed by atoms with E-state index in [1.807, 2.05) is 17.9 Å². The molecule has 1 saturated heterocycles. The molecule has 1 fully saturated rings. The Morgan fingerprint density at radius 1 is 1.47 bits per heavy atom. The third-order valence-electron chi connectivity index (χ3n) is 3.73. The molecule has 2 heterocycles. The van der Waals surface area contributed by atoms with Gasteiger partial charge in [0.2, 0.25) is 5.91 Å². The van der Waals surface area contributed by atoms with Gasteiger partial charge in [0.05, 0.1) is 12.2 Å². The number of hydrogen-bond acceptors (Lipinski definition) is 2. The summed E-state index contributed by atoms with van der Waals surface area (Å²) >= 11 is 6.17. The lowest BCUT2D eigenvalue weighted by atomic mass is 9.92. The average molecular weight is 251 g/mol. The molecule has 0 aromatic heterocycles. The number of carbonyl (C=O) groups excluding carboxylic acids is 1. The molecule has 2 aliphatic rings. The quantitative estimate of drug-likeness (QED) is 0.763. The topological polar surface area (TPSA) is 32.3 Å². The molecule has 0 spiro atoms.